The van der Waals surface area contributed by atoms with Crippen molar-refractivity contribution in [2.24, 2.45) is 0 Å². The molecule has 0 fully saturated rings. The van der Waals surface area contributed by atoms with E-state index in [0.29, 0.717) is 0 Å². The van der Waals surface area contributed by atoms with Crippen molar-refractivity contribution in [1.82, 2.24) is 0 Å². The number of benzene rings is 4. The van der Waals surface area contributed by atoms with Crippen LogP contribution in [0, 0.1) is 0 Å². The second kappa shape index (κ2) is 5.28. The van der Waals surface area contributed by atoms with Crippen LogP contribution in [0.4, 0.5) is 0 Å². The molecule has 0 bridgehead atoms. The number of aliphatic hydroxyl groups excluding tert-OH is 1. The van der Waals surface area contributed by atoms with Crippen LogP contribution in [0.3, 0.4) is 0 Å². The van der Waals surface area contributed by atoms with Crippen LogP contribution in [0.15, 0.2) is 78.9 Å². The first kappa shape index (κ1) is 13.1. The minimum absolute atomic E-state index is 0.0660. The standard InChI is InChI=1S/C21H16O/c22-14-15-6-5-9-18(12-15)21-19-10-3-1-7-16(19)13-17-8-2-4-11-20(17)21/h1-13,22H,14H2. The molecule has 0 unspecified atom stereocenters. The fourth-order valence-electron chi connectivity index (χ4n) is 3.15. The molecule has 0 aliphatic heterocycles. The minimum atomic E-state index is 0.0660. The van der Waals surface area contributed by atoms with Crippen molar-refractivity contribution in [2.75, 3.05) is 0 Å². The molecule has 0 saturated heterocycles. The van der Waals surface area contributed by atoms with Crippen molar-refractivity contribution in [2.45, 2.75) is 6.61 Å². The Morgan fingerprint density at radius 3 is 1.91 bits per heavy atom. The van der Waals surface area contributed by atoms with Gasteiger partial charge >= 0.3 is 0 Å². The summed E-state index contributed by atoms with van der Waals surface area (Å²) >= 11 is 0. The van der Waals surface area contributed by atoms with Crippen molar-refractivity contribution in [3.05, 3.63) is 84.4 Å². The lowest BCUT2D eigenvalue weighted by molar-refractivity contribution is 0.282. The van der Waals surface area contributed by atoms with Crippen LogP contribution in [-0.2, 0) is 6.61 Å². The molecule has 0 heterocycles. The number of rotatable bonds is 2. The van der Waals surface area contributed by atoms with Gasteiger partial charge in [0, 0.05) is 0 Å². The SMILES string of the molecule is OCc1cccc(-c2c3ccccc3cc3ccccc23)c1. The van der Waals surface area contributed by atoms with Gasteiger partial charge in [0.25, 0.3) is 0 Å². The minimum Gasteiger partial charge on any atom is -0.392 e. The second-order valence-corrected chi connectivity index (χ2v) is 5.55. The summed E-state index contributed by atoms with van der Waals surface area (Å²) in [4.78, 5) is 0. The summed E-state index contributed by atoms with van der Waals surface area (Å²) in [7, 11) is 0. The predicted molar refractivity (Wildman–Crippen MR) is 92.8 cm³/mol. The summed E-state index contributed by atoms with van der Waals surface area (Å²) in [5.74, 6) is 0. The Morgan fingerprint density at radius 1 is 0.636 bits per heavy atom. The number of aliphatic hydroxyl groups is 1. The third kappa shape index (κ3) is 2.07. The van der Waals surface area contributed by atoms with E-state index in [9.17, 15) is 5.11 Å². The molecule has 4 aromatic rings. The Hall–Kier alpha value is -2.64. The first-order valence-corrected chi connectivity index (χ1v) is 7.47. The highest BCUT2D eigenvalue weighted by atomic mass is 16.3. The van der Waals surface area contributed by atoms with Gasteiger partial charge in [0.15, 0.2) is 0 Å². The molecular formula is C21H16O. The van der Waals surface area contributed by atoms with E-state index in [1.165, 1.54) is 27.1 Å². The van der Waals surface area contributed by atoms with Crippen molar-refractivity contribution in [1.29, 1.82) is 0 Å². The maximum Gasteiger partial charge on any atom is 0.0682 e. The van der Waals surface area contributed by atoms with Crippen molar-refractivity contribution in [3.8, 4) is 11.1 Å². The van der Waals surface area contributed by atoms with E-state index >= 15 is 0 Å². The predicted octanol–water partition coefficient (Wildman–Crippen LogP) is 5.15. The van der Waals surface area contributed by atoms with E-state index in [2.05, 4.69) is 66.7 Å². The Bertz CT molecular complexity index is 916. The quantitative estimate of drug-likeness (QED) is 0.504. The molecule has 106 valence electrons. The van der Waals surface area contributed by atoms with Gasteiger partial charge in [-0.2, -0.15) is 0 Å². The molecule has 4 rings (SSSR count). The molecule has 0 aliphatic carbocycles. The van der Waals surface area contributed by atoms with E-state index in [4.69, 9.17) is 0 Å². The molecule has 4 aromatic carbocycles. The van der Waals surface area contributed by atoms with Gasteiger partial charge in [-0.15, -0.1) is 0 Å². The fourth-order valence-corrected chi connectivity index (χ4v) is 3.15. The molecule has 0 saturated carbocycles. The van der Waals surface area contributed by atoms with Gasteiger partial charge in [0.2, 0.25) is 0 Å². The van der Waals surface area contributed by atoms with E-state index in [1.807, 2.05) is 12.1 Å². The molecule has 0 aromatic heterocycles. The Morgan fingerprint density at radius 2 is 1.27 bits per heavy atom. The van der Waals surface area contributed by atoms with Gasteiger partial charge in [0.1, 0.15) is 0 Å². The fraction of sp³-hybridized carbons (Fsp3) is 0.0476. The number of hydrogen-bond acceptors (Lipinski definition) is 1. The lowest BCUT2D eigenvalue weighted by Crippen LogP contribution is -1.88. The molecule has 1 N–H and O–H groups in total. The monoisotopic (exact) mass is 284 g/mol. The third-order valence-corrected chi connectivity index (χ3v) is 4.17. The molecule has 0 spiro atoms. The Labute approximate surface area is 129 Å². The van der Waals surface area contributed by atoms with E-state index in [1.54, 1.807) is 0 Å². The number of fused-ring (bicyclic) bond motifs is 2. The van der Waals surface area contributed by atoms with Crippen molar-refractivity contribution in [3.63, 3.8) is 0 Å². The van der Waals surface area contributed by atoms with Crippen LogP contribution in [0.25, 0.3) is 32.7 Å². The molecule has 0 aliphatic rings. The van der Waals surface area contributed by atoms with Crippen molar-refractivity contribution >= 4 is 21.5 Å². The van der Waals surface area contributed by atoms with Crippen LogP contribution < -0.4 is 0 Å². The molecule has 1 nitrogen and oxygen atoms in total. The summed E-state index contributed by atoms with van der Waals surface area (Å²) in [6.45, 7) is 0.0660. The van der Waals surface area contributed by atoms with E-state index in [0.717, 1.165) is 11.1 Å². The normalized spacial score (nSPS) is 11.1. The van der Waals surface area contributed by atoms with E-state index < -0.39 is 0 Å². The summed E-state index contributed by atoms with van der Waals surface area (Å²) in [5.41, 5.74) is 3.33. The molecule has 22 heavy (non-hydrogen) atoms. The maximum absolute atomic E-state index is 9.44. The van der Waals surface area contributed by atoms with Crippen molar-refractivity contribution < 1.29 is 5.11 Å². The van der Waals surface area contributed by atoms with E-state index in [-0.39, 0.29) is 6.61 Å². The van der Waals surface area contributed by atoms with Gasteiger partial charge in [-0.25, -0.2) is 0 Å². The topological polar surface area (TPSA) is 20.2 Å². The zero-order valence-electron chi connectivity index (χ0n) is 12.2. The van der Waals surface area contributed by atoms with Gasteiger partial charge in [-0.05, 0) is 50.4 Å². The third-order valence-electron chi connectivity index (χ3n) is 4.17. The van der Waals surface area contributed by atoms with Crippen LogP contribution in [0.1, 0.15) is 5.56 Å². The van der Waals surface area contributed by atoms with Gasteiger partial charge < -0.3 is 5.11 Å². The smallest absolute Gasteiger partial charge is 0.0682 e. The first-order valence-electron chi connectivity index (χ1n) is 7.47. The lowest BCUT2D eigenvalue weighted by atomic mass is 9.91. The summed E-state index contributed by atoms with van der Waals surface area (Å²) in [5, 5.41) is 14.4. The lowest BCUT2D eigenvalue weighted by Gasteiger charge is -2.12. The highest BCUT2D eigenvalue weighted by Crippen LogP contribution is 2.36. The second-order valence-electron chi connectivity index (χ2n) is 5.55. The van der Waals surface area contributed by atoms with Crippen LogP contribution in [0.5, 0.6) is 0 Å². The average molecular weight is 284 g/mol. The zero-order valence-corrected chi connectivity index (χ0v) is 12.2. The largest absolute Gasteiger partial charge is 0.392 e. The summed E-state index contributed by atoms with van der Waals surface area (Å²) < 4.78 is 0. The Kier molecular flexibility index (Phi) is 3.14. The highest BCUT2D eigenvalue weighted by Gasteiger charge is 2.09. The maximum atomic E-state index is 9.44. The summed E-state index contributed by atoms with van der Waals surface area (Å²) in [6.07, 6.45) is 0. The van der Waals surface area contributed by atoms with Crippen LogP contribution in [-0.4, -0.2) is 5.11 Å². The van der Waals surface area contributed by atoms with Gasteiger partial charge in [-0.1, -0.05) is 66.7 Å². The zero-order chi connectivity index (χ0) is 14.9. The molecular weight excluding hydrogens is 268 g/mol. The molecule has 0 radical (unpaired) electrons. The van der Waals surface area contributed by atoms with Gasteiger partial charge in [-0.3, -0.25) is 0 Å². The van der Waals surface area contributed by atoms with Gasteiger partial charge in [0.05, 0.1) is 6.61 Å². The number of hydrogen-bond donors (Lipinski definition) is 1. The van der Waals surface area contributed by atoms with Crippen LogP contribution >= 0.6 is 0 Å². The highest BCUT2D eigenvalue weighted by molar-refractivity contribution is 6.12. The first-order chi connectivity index (χ1) is 10.9. The molecule has 0 atom stereocenters. The average Bonchev–Trinajstić information content (AvgIpc) is 2.59. The molecule has 0 amide bonds. The molecule has 1 heteroatoms. The summed E-state index contributed by atoms with van der Waals surface area (Å²) in [6, 6.07) is 27.4. The Balaban J connectivity index is 2.16. The van der Waals surface area contributed by atoms with Crippen LogP contribution in [0.2, 0.25) is 0 Å².